The number of carboxylic acid groups (broad SMARTS) is 1. The monoisotopic (exact) mass is 265 g/mol. The van der Waals surface area contributed by atoms with Gasteiger partial charge in [0.25, 0.3) is 0 Å². The predicted octanol–water partition coefficient (Wildman–Crippen LogP) is 0.966. The van der Waals surface area contributed by atoms with Crippen LogP contribution in [-0.4, -0.2) is 31.2 Å². The van der Waals surface area contributed by atoms with Gasteiger partial charge in [0, 0.05) is 6.42 Å². The standard InChI is InChI=1S/C13H15NO5/c1-18-9-4-3-7(5-10(9)19-2)12-8(13(16)17)6-11(15)14-12/h3-5,8,12H,6H2,1-2H3,(H,14,15)(H,16,17). The number of hydrogen-bond donors (Lipinski definition) is 2. The third-order valence-electron chi connectivity index (χ3n) is 3.21. The highest BCUT2D eigenvalue weighted by molar-refractivity contribution is 5.87. The van der Waals surface area contributed by atoms with E-state index in [1.165, 1.54) is 14.2 Å². The van der Waals surface area contributed by atoms with Gasteiger partial charge in [-0.2, -0.15) is 0 Å². The molecule has 2 rings (SSSR count). The number of benzene rings is 1. The van der Waals surface area contributed by atoms with Crippen LogP contribution in [0.25, 0.3) is 0 Å². The zero-order chi connectivity index (χ0) is 14.0. The maximum absolute atomic E-state index is 11.4. The number of rotatable bonds is 4. The first kappa shape index (κ1) is 13.2. The first-order chi connectivity index (χ1) is 9.06. The molecule has 1 aliphatic heterocycles. The van der Waals surface area contributed by atoms with Gasteiger partial charge in [-0.1, -0.05) is 6.07 Å². The molecular formula is C13H15NO5. The van der Waals surface area contributed by atoms with Crippen LogP contribution in [0.4, 0.5) is 0 Å². The second-order valence-corrected chi connectivity index (χ2v) is 4.31. The number of ether oxygens (including phenoxy) is 2. The molecule has 1 aromatic carbocycles. The normalized spacial score (nSPS) is 21.9. The van der Waals surface area contributed by atoms with E-state index in [1.54, 1.807) is 18.2 Å². The molecule has 6 heteroatoms. The van der Waals surface area contributed by atoms with E-state index in [9.17, 15) is 9.59 Å². The van der Waals surface area contributed by atoms with Crippen molar-refractivity contribution in [3.63, 3.8) is 0 Å². The number of hydrogen-bond acceptors (Lipinski definition) is 4. The second-order valence-electron chi connectivity index (χ2n) is 4.31. The van der Waals surface area contributed by atoms with Crippen molar-refractivity contribution in [1.82, 2.24) is 5.32 Å². The quantitative estimate of drug-likeness (QED) is 0.847. The van der Waals surface area contributed by atoms with Crippen molar-refractivity contribution in [3.8, 4) is 11.5 Å². The lowest BCUT2D eigenvalue weighted by Crippen LogP contribution is -2.24. The number of carbonyl (C=O) groups is 2. The summed E-state index contributed by atoms with van der Waals surface area (Å²) in [5.41, 5.74) is 0.691. The van der Waals surface area contributed by atoms with Gasteiger partial charge >= 0.3 is 5.97 Å². The Bertz CT molecular complexity index is 514. The van der Waals surface area contributed by atoms with Crippen molar-refractivity contribution in [2.45, 2.75) is 12.5 Å². The lowest BCUT2D eigenvalue weighted by Gasteiger charge is -2.17. The first-order valence-corrected chi connectivity index (χ1v) is 5.81. The van der Waals surface area contributed by atoms with Crippen LogP contribution in [0.3, 0.4) is 0 Å². The smallest absolute Gasteiger partial charge is 0.309 e. The molecule has 1 heterocycles. The molecule has 19 heavy (non-hydrogen) atoms. The van der Waals surface area contributed by atoms with E-state index >= 15 is 0 Å². The van der Waals surface area contributed by atoms with E-state index in [4.69, 9.17) is 14.6 Å². The van der Waals surface area contributed by atoms with Crippen LogP contribution in [0.1, 0.15) is 18.0 Å². The van der Waals surface area contributed by atoms with Crippen LogP contribution < -0.4 is 14.8 Å². The Morgan fingerprint density at radius 2 is 2.00 bits per heavy atom. The van der Waals surface area contributed by atoms with Crippen molar-refractivity contribution < 1.29 is 24.2 Å². The molecule has 0 radical (unpaired) electrons. The van der Waals surface area contributed by atoms with Crippen molar-refractivity contribution in [2.75, 3.05) is 14.2 Å². The highest BCUT2D eigenvalue weighted by Crippen LogP contribution is 2.35. The first-order valence-electron chi connectivity index (χ1n) is 5.81. The molecule has 1 saturated heterocycles. The number of aliphatic carboxylic acids is 1. The van der Waals surface area contributed by atoms with Crippen LogP contribution in [-0.2, 0) is 9.59 Å². The minimum atomic E-state index is -0.988. The van der Waals surface area contributed by atoms with E-state index < -0.39 is 17.9 Å². The maximum atomic E-state index is 11.4. The van der Waals surface area contributed by atoms with Gasteiger partial charge in [-0.15, -0.1) is 0 Å². The number of carbonyl (C=O) groups excluding carboxylic acids is 1. The Morgan fingerprint density at radius 3 is 2.58 bits per heavy atom. The van der Waals surface area contributed by atoms with Gasteiger partial charge < -0.3 is 19.9 Å². The molecular weight excluding hydrogens is 250 g/mol. The van der Waals surface area contributed by atoms with E-state index in [2.05, 4.69) is 5.32 Å². The zero-order valence-corrected chi connectivity index (χ0v) is 10.7. The summed E-state index contributed by atoms with van der Waals surface area (Å²) in [6.07, 6.45) is -0.00561. The van der Waals surface area contributed by atoms with Crippen molar-refractivity contribution in [1.29, 1.82) is 0 Å². The van der Waals surface area contributed by atoms with Crippen molar-refractivity contribution >= 4 is 11.9 Å². The van der Waals surface area contributed by atoms with Crippen molar-refractivity contribution in [3.05, 3.63) is 23.8 Å². The fourth-order valence-electron chi connectivity index (χ4n) is 2.24. The lowest BCUT2D eigenvalue weighted by atomic mass is 9.94. The fourth-order valence-corrected chi connectivity index (χ4v) is 2.24. The van der Waals surface area contributed by atoms with Gasteiger partial charge in [-0.05, 0) is 17.7 Å². The molecule has 102 valence electrons. The lowest BCUT2D eigenvalue weighted by molar-refractivity contribution is -0.142. The van der Waals surface area contributed by atoms with Crippen LogP contribution in [0.2, 0.25) is 0 Å². The molecule has 0 bridgehead atoms. The Labute approximate surface area is 110 Å². The molecule has 6 nitrogen and oxygen atoms in total. The average molecular weight is 265 g/mol. The van der Waals surface area contributed by atoms with Gasteiger partial charge in [0.15, 0.2) is 11.5 Å². The van der Waals surface area contributed by atoms with Crippen LogP contribution >= 0.6 is 0 Å². The Morgan fingerprint density at radius 1 is 1.32 bits per heavy atom. The summed E-state index contributed by atoms with van der Waals surface area (Å²) < 4.78 is 10.3. The molecule has 0 saturated carbocycles. The van der Waals surface area contributed by atoms with Crippen molar-refractivity contribution in [2.24, 2.45) is 5.92 Å². The molecule has 0 aliphatic carbocycles. The molecule has 1 amide bonds. The van der Waals surface area contributed by atoms with E-state index in [-0.39, 0.29) is 12.3 Å². The molecule has 2 N–H and O–H groups in total. The van der Waals surface area contributed by atoms with Gasteiger partial charge in [-0.3, -0.25) is 9.59 Å². The number of amides is 1. The highest BCUT2D eigenvalue weighted by Gasteiger charge is 2.38. The number of carboxylic acids is 1. The molecule has 0 spiro atoms. The molecule has 2 unspecified atom stereocenters. The second kappa shape index (κ2) is 5.17. The Balaban J connectivity index is 2.35. The van der Waals surface area contributed by atoms with Gasteiger partial charge in [0.05, 0.1) is 26.2 Å². The van der Waals surface area contributed by atoms with Gasteiger partial charge in [0.1, 0.15) is 0 Å². The maximum Gasteiger partial charge on any atom is 0.309 e. The van der Waals surface area contributed by atoms with E-state index in [1.807, 2.05) is 0 Å². The third-order valence-corrected chi connectivity index (χ3v) is 3.21. The summed E-state index contributed by atoms with van der Waals surface area (Å²) in [6, 6.07) is 4.57. The van der Waals surface area contributed by atoms with Gasteiger partial charge in [-0.25, -0.2) is 0 Å². The molecule has 0 aromatic heterocycles. The zero-order valence-electron chi connectivity index (χ0n) is 10.7. The molecule has 2 atom stereocenters. The average Bonchev–Trinajstić information content (AvgIpc) is 2.80. The predicted molar refractivity (Wildman–Crippen MR) is 66.2 cm³/mol. The minimum Gasteiger partial charge on any atom is -0.493 e. The molecule has 1 aliphatic rings. The summed E-state index contributed by atoms with van der Waals surface area (Å²) >= 11 is 0. The van der Waals surface area contributed by atoms with Crippen LogP contribution in [0.5, 0.6) is 11.5 Å². The SMILES string of the molecule is COc1ccc(C2NC(=O)CC2C(=O)O)cc1OC. The number of nitrogens with one attached hydrogen (secondary N) is 1. The highest BCUT2D eigenvalue weighted by atomic mass is 16.5. The fraction of sp³-hybridized carbons (Fsp3) is 0.385. The Kier molecular flexibility index (Phi) is 3.59. The summed E-state index contributed by atoms with van der Waals surface area (Å²) in [4.78, 5) is 22.5. The van der Waals surface area contributed by atoms with Crippen LogP contribution in [0.15, 0.2) is 18.2 Å². The third kappa shape index (κ3) is 2.47. The minimum absolute atomic E-state index is 0.00561. The molecule has 1 aromatic rings. The Hall–Kier alpha value is -2.24. The number of methoxy groups -OCH3 is 2. The summed E-state index contributed by atoms with van der Waals surface area (Å²) in [6.45, 7) is 0. The van der Waals surface area contributed by atoms with E-state index in [0.29, 0.717) is 17.1 Å². The van der Waals surface area contributed by atoms with Crippen LogP contribution in [0, 0.1) is 5.92 Å². The van der Waals surface area contributed by atoms with E-state index in [0.717, 1.165) is 0 Å². The largest absolute Gasteiger partial charge is 0.493 e. The topological polar surface area (TPSA) is 84.9 Å². The summed E-state index contributed by atoms with van der Waals surface area (Å²) in [7, 11) is 3.03. The van der Waals surface area contributed by atoms with Gasteiger partial charge in [0.2, 0.25) is 5.91 Å². The molecule has 1 fully saturated rings. The summed E-state index contributed by atoms with van der Waals surface area (Å²) in [5.74, 6) is -0.941. The summed E-state index contributed by atoms with van der Waals surface area (Å²) in [5, 5.41) is 11.8.